The summed E-state index contributed by atoms with van der Waals surface area (Å²) in [5.74, 6) is 1.55. The van der Waals surface area contributed by atoms with Crippen molar-refractivity contribution in [1.82, 2.24) is 5.32 Å². The first kappa shape index (κ1) is 12.7. The normalized spacial score (nSPS) is 15.7. The predicted octanol–water partition coefficient (Wildman–Crippen LogP) is 1.69. The van der Waals surface area contributed by atoms with Crippen molar-refractivity contribution < 1.29 is 14.6 Å². The second-order valence-electron chi connectivity index (χ2n) is 4.07. The maximum atomic E-state index is 8.94. The number of aliphatic hydroxyl groups is 1. The van der Waals surface area contributed by atoms with Crippen LogP contribution in [0.2, 0.25) is 0 Å². The zero-order valence-corrected chi connectivity index (χ0v) is 11.3. The molecule has 0 saturated heterocycles. The van der Waals surface area contributed by atoms with Crippen LogP contribution in [0.1, 0.15) is 12.5 Å². The number of hydrogen-bond donors (Lipinski definition) is 2. The van der Waals surface area contributed by atoms with Crippen LogP contribution in [0.3, 0.4) is 0 Å². The molecule has 0 aliphatic carbocycles. The minimum atomic E-state index is 0.0852. The van der Waals surface area contributed by atoms with Gasteiger partial charge >= 0.3 is 0 Å². The quantitative estimate of drug-likeness (QED) is 0.889. The first-order valence-corrected chi connectivity index (χ1v) is 6.42. The standard InChI is InChI=1S/C12H16BrNO3/c1-8(7-15)14-6-9-4-10(13)12-11(5-9)16-2-3-17-12/h4-5,8,14-15H,2-3,6-7H2,1H3/t8-/m1/s1. The molecule has 5 heteroatoms. The molecule has 0 amide bonds. The van der Waals surface area contributed by atoms with Gasteiger partial charge in [0.2, 0.25) is 0 Å². The van der Waals surface area contributed by atoms with Gasteiger partial charge in [-0.05, 0) is 40.5 Å². The summed E-state index contributed by atoms with van der Waals surface area (Å²) in [5.41, 5.74) is 1.10. The molecule has 1 aliphatic heterocycles. The lowest BCUT2D eigenvalue weighted by Gasteiger charge is -2.21. The van der Waals surface area contributed by atoms with Gasteiger partial charge in [-0.25, -0.2) is 0 Å². The van der Waals surface area contributed by atoms with Crippen LogP contribution < -0.4 is 14.8 Å². The highest BCUT2D eigenvalue weighted by molar-refractivity contribution is 9.10. The molecule has 2 rings (SSSR count). The smallest absolute Gasteiger partial charge is 0.175 e. The van der Waals surface area contributed by atoms with Crippen LogP contribution in [0.5, 0.6) is 11.5 Å². The first-order valence-electron chi connectivity index (χ1n) is 5.63. The van der Waals surface area contributed by atoms with Gasteiger partial charge in [0.25, 0.3) is 0 Å². The van der Waals surface area contributed by atoms with E-state index in [0.29, 0.717) is 19.8 Å². The van der Waals surface area contributed by atoms with Crippen LogP contribution in [-0.2, 0) is 6.54 Å². The summed E-state index contributed by atoms with van der Waals surface area (Å²) >= 11 is 3.47. The highest BCUT2D eigenvalue weighted by Gasteiger charge is 2.16. The molecule has 1 atom stereocenters. The van der Waals surface area contributed by atoms with E-state index in [2.05, 4.69) is 21.2 Å². The predicted molar refractivity (Wildman–Crippen MR) is 68.5 cm³/mol. The topological polar surface area (TPSA) is 50.7 Å². The summed E-state index contributed by atoms with van der Waals surface area (Å²) in [4.78, 5) is 0. The Balaban J connectivity index is 2.11. The Labute approximate surface area is 109 Å². The molecule has 0 fully saturated rings. The summed E-state index contributed by atoms with van der Waals surface area (Å²) in [7, 11) is 0. The Morgan fingerprint density at radius 3 is 2.94 bits per heavy atom. The summed E-state index contributed by atoms with van der Waals surface area (Å²) in [6, 6.07) is 4.06. The minimum absolute atomic E-state index is 0.0852. The number of ether oxygens (including phenoxy) is 2. The molecule has 0 saturated carbocycles. The van der Waals surface area contributed by atoms with Crippen LogP contribution in [0.4, 0.5) is 0 Å². The maximum Gasteiger partial charge on any atom is 0.175 e. The van der Waals surface area contributed by atoms with E-state index in [1.807, 2.05) is 19.1 Å². The van der Waals surface area contributed by atoms with Crippen LogP contribution in [-0.4, -0.2) is 31.0 Å². The molecule has 0 spiro atoms. The van der Waals surface area contributed by atoms with Gasteiger partial charge in [-0.15, -0.1) is 0 Å². The number of halogens is 1. The zero-order chi connectivity index (χ0) is 12.3. The second kappa shape index (κ2) is 5.71. The Morgan fingerprint density at radius 1 is 1.41 bits per heavy atom. The Hall–Kier alpha value is -0.780. The third-order valence-electron chi connectivity index (χ3n) is 2.59. The number of aliphatic hydroxyl groups excluding tert-OH is 1. The molecular weight excluding hydrogens is 286 g/mol. The van der Waals surface area contributed by atoms with Crippen molar-refractivity contribution in [2.24, 2.45) is 0 Å². The van der Waals surface area contributed by atoms with Crippen molar-refractivity contribution in [3.63, 3.8) is 0 Å². The van der Waals surface area contributed by atoms with E-state index < -0.39 is 0 Å². The van der Waals surface area contributed by atoms with Gasteiger partial charge in [-0.1, -0.05) is 0 Å². The molecule has 0 aromatic heterocycles. The third-order valence-corrected chi connectivity index (χ3v) is 3.17. The van der Waals surface area contributed by atoms with Crippen molar-refractivity contribution in [1.29, 1.82) is 0 Å². The van der Waals surface area contributed by atoms with E-state index in [0.717, 1.165) is 21.5 Å². The molecule has 0 radical (unpaired) electrons. The van der Waals surface area contributed by atoms with E-state index in [1.165, 1.54) is 0 Å². The average Bonchev–Trinajstić information content (AvgIpc) is 2.36. The summed E-state index contributed by atoms with van der Waals surface area (Å²) in [6.07, 6.45) is 0. The third kappa shape index (κ3) is 3.12. The number of rotatable bonds is 4. The number of fused-ring (bicyclic) bond motifs is 1. The Bertz CT molecular complexity index is 398. The van der Waals surface area contributed by atoms with Crippen molar-refractivity contribution in [2.45, 2.75) is 19.5 Å². The highest BCUT2D eigenvalue weighted by Crippen LogP contribution is 2.38. The molecular formula is C12H16BrNO3. The summed E-state index contributed by atoms with van der Waals surface area (Å²) < 4.78 is 12.0. The van der Waals surface area contributed by atoms with Crippen molar-refractivity contribution >= 4 is 15.9 Å². The van der Waals surface area contributed by atoms with Crippen LogP contribution >= 0.6 is 15.9 Å². The van der Waals surface area contributed by atoms with E-state index in [1.54, 1.807) is 0 Å². The fourth-order valence-corrected chi connectivity index (χ4v) is 2.23. The zero-order valence-electron chi connectivity index (χ0n) is 9.70. The highest BCUT2D eigenvalue weighted by atomic mass is 79.9. The van der Waals surface area contributed by atoms with Gasteiger partial charge in [0.05, 0.1) is 11.1 Å². The maximum absolute atomic E-state index is 8.94. The lowest BCUT2D eigenvalue weighted by atomic mass is 10.2. The lowest BCUT2D eigenvalue weighted by molar-refractivity contribution is 0.170. The number of benzene rings is 1. The number of nitrogens with one attached hydrogen (secondary N) is 1. The number of hydrogen-bond acceptors (Lipinski definition) is 4. The van der Waals surface area contributed by atoms with E-state index in [-0.39, 0.29) is 12.6 Å². The largest absolute Gasteiger partial charge is 0.486 e. The Kier molecular flexibility index (Phi) is 4.25. The SMILES string of the molecule is C[C@H](CO)NCc1cc(Br)c2c(c1)OCCO2. The van der Waals surface area contributed by atoms with Gasteiger partial charge in [-0.2, -0.15) is 0 Å². The summed E-state index contributed by atoms with van der Waals surface area (Å²) in [5, 5.41) is 12.2. The van der Waals surface area contributed by atoms with Crippen LogP contribution in [0.15, 0.2) is 16.6 Å². The van der Waals surface area contributed by atoms with Crippen LogP contribution in [0, 0.1) is 0 Å². The van der Waals surface area contributed by atoms with Crippen molar-refractivity contribution in [3.05, 3.63) is 22.2 Å². The van der Waals surface area contributed by atoms with Gasteiger partial charge in [-0.3, -0.25) is 0 Å². The van der Waals surface area contributed by atoms with Gasteiger partial charge in [0.15, 0.2) is 11.5 Å². The van der Waals surface area contributed by atoms with E-state index in [9.17, 15) is 0 Å². The van der Waals surface area contributed by atoms with Crippen molar-refractivity contribution in [3.8, 4) is 11.5 Å². The lowest BCUT2D eigenvalue weighted by Crippen LogP contribution is -2.28. The summed E-state index contributed by atoms with van der Waals surface area (Å²) in [6.45, 7) is 3.93. The molecule has 0 unspecified atom stereocenters. The second-order valence-corrected chi connectivity index (χ2v) is 4.92. The van der Waals surface area contributed by atoms with Gasteiger partial charge < -0.3 is 19.9 Å². The van der Waals surface area contributed by atoms with Gasteiger partial charge in [0, 0.05) is 12.6 Å². The molecule has 1 heterocycles. The Morgan fingerprint density at radius 2 is 2.18 bits per heavy atom. The fourth-order valence-electron chi connectivity index (χ4n) is 1.62. The van der Waals surface area contributed by atoms with Gasteiger partial charge in [0.1, 0.15) is 13.2 Å². The fraction of sp³-hybridized carbons (Fsp3) is 0.500. The molecule has 0 bridgehead atoms. The van der Waals surface area contributed by atoms with E-state index in [4.69, 9.17) is 14.6 Å². The molecule has 1 aromatic rings. The molecule has 2 N–H and O–H groups in total. The van der Waals surface area contributed by atoms with Crippen LogP contribution in [0.25, 0.3) is 0 Å². The minimum Gasteiger partial charge on any atom is -0.486 e. The molecule has 17 heavy (non-hydrogen) atoms. The molecule has 1 aromatic carbocycles. The molecule has 1 aliphatic rings. The first-order chi connectivity index (χ1) is 8.20. The monoisotopic (exact) mass is 301 g/mol. The average molecular weight is 302 g/mol. The molecule has 4 nitrogen and oxygen atoms in total. The van der Waals surface area contributed by atoms with E-state index >= 15 is 0 Å². The molecule has 94 valence electrons. The van der Waals surface area contributed by atoms with Crippen molar-refractivity contribution in [2.75, 3.05) is 19.8 Å².